The largest absolute Gasteiger partial charge is 0.384 e. The molecule has 0 saturated carbocycles. The number of nitrogens with two attached hydrogens (primary N) is 1. The van der Waals surface area contributed by atoms with Crippen LogP contribution in [0.25, 0.3) is 0 Å². The molecule has 1 unspecified atom stereocenters. The minimum absolute atomic E-state index is 0.0286. The Kier molecular flexibility index (Phi) is 5.93. The fourth-order valence-electron chi connectivity index (χ4n) is 5.76. The summed E-state index contributed by atoms with van der Waals surface area (Å²) < 4.78 is 0. The zero-order valence-corrected chi connectivity index (χ0v) is 23.3. The Hall–Kier alpha value is -2.87. The molecule has 5 nitrogen and oxygen atoms in total. The highest BCUT2D eigenvalue weighted by molar-refractivity contribution is 7.16. The maximum absolute atomic E-state index is 13.8. The molecule has 186 valence electrons. The monoisotopic (exact) mass is 516 g/mol. The van der Waals surface area contributed by atoms with Gasteiger partial charge in [-0.25, -0.2) is 0 Å². The normalized spacial score (nSPS) is 21.7. The minimum Gasteiger partial charge on any atom is -0.384 e. The lowest BCUT2D eigenvalue weighted by Gasteiger charge is -2.43. The molecule has 2 N–H and O–H groups in total. The standard InChI is InChI=1S/C29H32N4OS2/c1-28(2,3)23-11-10-22(35-23)24-18(15-31)26(32)33(19-12-29(4,5)13-20(34)25(19)24)27-17(14-30)16-8-6-7-9-21(16)36-27/h10-11,24H,6-9,12-13,32H2,1-5H3. The van der Waals surface area contributed by atoms with Crippen LogP contribution in [-0.2, 0) is 23.1 Å². The van der Waals surface area contributed by atoms with Gasteiger partial charge in [0.25, 0.3) is 0 Å². The third-order valence-electron chi connectivity index (χ3n) is 7.50. The van der Waals surface area contributed by atoms with E-state index in [1.165, 1.54) is 9.75 Å². The number of hydrogen-bond donors (Lipinski definition) is 1. The molecule has 2 aliphatic carbocycles. The van der Waals surface area contributed by atoms with Crippen LogP contribution in [0.3, 0.4) is 0 Å². The van der Waals surface area contributed by atoms with Crippen molar-refractivity contribution in [3.05, 3.63) is 60.6 Å². The van der Waals surface area contributed by atoms with Gasteiger partial charge in [0, 0.05) is 32.3 Å². The molecule has 5 rings (SSSR count). The van der Waals surface area contributed by atoms with E-state index in [4.69, 9.17) is 5.73 Å². The van der Waals surface area contributed by atoms with E-state index in [1.54, 1.807) is 22.7 Å². The predicted molar refractivity (Wildman–Crippen MR) is 146 cm³/mol. The molecule has 36 heavy (non-hydrogen) atoms. The molecule has 1 aliphatic heterocycles. The number of nitriles is 2. The maximum atomic E-state index is 13.8. The van der Waals surface area contributed by atoms with E-state index < -0.39 is 5.92 Å². The van der Waals surface area contributed by atoms with E-state index in [9.17, 15) is 15.3 Å². The molecule has 0 radical (unpaired) electrons. The average Bonchev–Trinajstić information content (AvgIpc) is 3.42. The van der Waals surface area contributed by atoms with E-state index in [2.05, 4.69) is 58.9 Å². The van der Waals surface area contributed by atoms with Crippen LogP contribution in [0.5, 0.6) is 0 Å². The molecule has 1 atom stereocenters. The van der Waals surface area contributed by atoms with Gasteiger partial charge in [0.15, 0.2) is 5.78 Å². The van der Waals surface area contributed by atoms with E-state index in [1.807, 2.05) is 4.90 Å². The number of ketones is 1. The van der Waals surface area contributed by atoms with Gasteiger partial charge in [0.05, 0.1) is 23.1 Å². The molecular formula is C29H32N4OS2. The molecule has 2 aromatic heterocycles. The number of anilines is 1. The van der Waals surface area contributed by atoms with Gasteiger partial charge >= 0.3 is 0 Å². The number of Topliss-reactive ketones (excluding diaryl/α,β-unsaturated/α-hetero) is 1. The van der Waals surface area contributed by atoms with E-state index in [0.717, 1.165) is 46.8 Å². The fraction of sp³-hybridized carbons (Fsp3) is 0.483. The highest BCUT2D eigenvalue weighted by atomic mass is 32.1. The molecule has 2 aromatic rings. The Morgan fingerprint density at radius 1 is 1.08 bits per heavy atom. The summed E-state index contributed by atoms with van der Waals surface area (Å²) >= 11 is 3.26. The molecule has 7 heteroatoms. The van der Waals surface area contributed by atoms with Crippen LogP contribution in [0.1, 0.15) is 92.0 Å². The molecule has 3 heterocycles. The van der Waals surface area contributed by atoms with Crippen molar-refractivity contribution >= 4 is 33.5 Å². The molecule has 0 spiro atoms. The first-order valence-corrected chi connectivity index (χ1v) is 14.2. The number of rotatable bonds is 2. The average molecular weight is 517 g/mol. The number of carbonyl (C=O) groups excluding carboxylic acids is 1. The number of thiophene rings is 2. The number of nitrogens with zero attached hydrogens (tertiary/aromatic N) is 3. The number of hydrogen-bond acceptors (Lipinski definition) is 7. The lowest BCUT2D eigenvalue weighted by molar-refractivity contribution is -0.118. The van der Waals surface area contributed by atoms with Crippen molar-refractivity contribution in [1.29, 1.82) is 10.5 Å². The second-order valence-corrected chi connectivity index (χ2v) is 14.1. The summed E-state index contributed by atoms with van der Waals surface area (Å²) in [6, 6.07) is 8.99. The number of carbonyl (C=O) groups is 1. The fourth-order valence-corrected chi connectivity index (χ4v) is 8.32. The molecule has 0 aromatic carbocycles. The van der Waals surface area contributed by atoms with Crippen LogP contribution < -0.4 is 10.6 Å². The van der Waals surface area contributed by atoms with Crippen LogP contribution in [-0.4, -0.2) is 5.78 Å². The Morgan fingerprint density at radius 3 is 2.44 bits per heavy atom. The van der Waals surface area contributed by atoms with Gasteiger partial charge in [0.1, 0.15) is 16.9 Å². The first kappa shape index (κ1) is 24.8. The number of aryl methyl sites for hydroxylation is 1. The molecular weight excluding hydrogens is 484 g/mol. The second kappa shape index (κ2) is 8.61. The van der Waals surface area contributed by atoms with E-state index >= 15 is 0 Å². The molecule has 0 amide bonds. The molecule has 0 fully saturated rings. The summed E-state index contributed by atoms with van der Waals surface area (Å²) in [4.78, 5) is 19.1. The highest BCUT2D eigenvalue weighted by Gasteiger charge is 2.46. The van der Waals surface area contributed by atoms with Crippen molar-refractivity contribution in [2.75, 3.05) is 4.90 Å². The van der Waals surface area contributed by atoms with Gasteiger partial charge in [-0.3, -0.25) is 9.69 Å². The highest BCUT2D eigenvalue weighted by Crippen LogP contribution is 2.53. The summed E-state index contributed by atoms with van der Waals surface area (Å²) in [6.07, 6.45) is 5.13. The SMILES string of the molecule is CC1(C)CC(=O)C2=C(C1)N(c1sc3c(c1C#N)CCCC3)C(N)=C(C#N)C2c1ccc(C(C)(C)C)s1. The number of allylic oxidation sites excluding steroid dienone is 3. The van der Waals surface area contributed by atoms with Crippen molar-refractivity contribution < 1.29 is 4.79 Å². The summed E-state index contributed by atoms with van der Waals surface area (Å²) in [6.45, 7) is 10.7. The van der Waals surface area contributed by atoms with Gasteiger partial charge < -0.3 is 5.73 Å². The van der Waals surface area contributed by atoms with Crippen molar-refractivity contribution in [2.45, 2.75) is 84.5 Å². The zero-order chi connectivity index (χ0) is 26.0. The molecule has 0 bridgehead atoms. The van der Waals surface area contributed by atoms with Gasteiger partial charge in [-0.1, -0.05) is 34.6 Å². The number of fused-ring (bicyclic) bond motifs is 1. The first-order chi connectivity index (χ1) is 17.0. The van der Waals surface area contributed by atoms with Crippen LogP contribution in [0, 0.1) is 28.1 Å². The Balaban J connectivity index is 1.77. The van der Waals surface area contributed by atoms with Crippen LogP contribution in [0.15, 0.2) is 34.8 Å². The van der Waals surface area contributed by atoms with E-state index in [0.29, 0.717) is 35.4 Å². The summed E-state index contributed by atoms with van der Waals surface area (Å²) in [7, 11) is 0. The van der Waals surface area contributed by atoms with Crippen molar-refractivity contribution in [3.63, 3.8) is 0 Å². The Bertz CT molecular complexity index is 1410. The van der Waals surface area contributed by atoms with Gasteiger partial charge in [0.2, 0.25) is 0 Å². The Morgan fingerprint density at radius 2 is 1.81 bits per heavy atom. The molecule has 3 aliphatic rings. The summed E-state index contributed by atoms with van der Waals surface area (Å²) in [5.74, 6) is -0.0411. The van der Waals surface area contributed by atoms with Gasteiger partial charge in [-0.05, 0) is 60.6 Å². The molecule has 0 saturated heterocycles. The van der Waals surface area contributed by atoms with Gasteiger partial charge in [-0.2, -0.15) is 10.5 Å². The topological polar surface area (TPSA) is 93.9 Å². The van der Waals surface area contributed by atoms with Crippen LogP contribution >= 0.6 is 22.7 Å². The first-order valence-electron chi connectivity index (χ1n) is 12.6. The third kappa shape index (κ3) is 3.90. The minimum atomic E-state index is -0.467. The quantitative estimate of drug-likeness (QED) is 0.474. The lowest BCUT2D eigenvalue weighted by atomic mass is 9.70. The Labute approximate surface area is 221 Å². The summed E-state index contributed by atoms with van der Waals surface area (Å²) in [5.41, 5.74) is 10.3. The van der Waals surface area contributed by atoms with Crippen LogP contribution in [0.4, 0.5) is 5.00 Å². The van der Waals surface area contributed by atoms with Crippen molar-refractivity contribution in [3.8, 4) is 12.1 Å². The lowest BCUT2D eigenvalue weighted by Crippen LogP contribution is -2.42. The maximum Gasteiger partial charge on any atom is 0.162 e. The van der Waals surface area contributed by atoms with E-state index in [-0.39, 0.29) is 16.6 Å². The van der Waals surface area contributed by atoms with Crippen molar-refractivity contribution in [1.82, 2.24) is 0 Å². The van der Waals surface area contributed by atoms with Crippen LogP contribution in [0.2, 0.25) is 0 Å². The van der Waals surface area contributed by atoms with Gasteiger partial charge in [-0.15, -0.1) is 22.7 Å². The third-order valence-corrected chi connectivity index (χ3v) is 10.4. The predicted octanol–water partition coefficient (Wildman–Crippen LogP) is 6.80. The second-order valence-electron chi connectivity index (χ2n) is 11.9. The smallest absolute Gasteiger partial charge is 0.162 e. The zero-order valence-electron chi connectivity index (χ0n) is 21.6. The van der Waals surface area contributed by atoms with Crippen molar-refractivity contribution in [2.24, 2.45) is 11.1 Å². The summed E-state index contributed by atoms with van der Waals surface area (Å²) in [5, 5.41) is 21.3.